The molecule has 1 saturated heterocycles. The van der Waals surface area contributed by atoms with Gasteiger partial charge in [-0.1, -0.05) is 20.8 Å². The number of carbonyl (C=O) groups excluding carboxylic acids is 1. The van der Waals surface area contributed by atoms with Crippen LogP contribution in [0.2, 0.25) is 0 Å². The molecule has 0 aliphatic carbocycles. The maximum absolute atomic E-state index is 12.0. The molecule has 2 rings (SSSR count). The van der Waals surface area contributed by atoms with Gasteiger partial charge in [0, 0.05) is 57.2 Å². The quantitative estimate of drug-likeness (QED) is 0.372. The summed E-state index contributed by atoms with van der Waals surface area (Å²) in [7, 11) is 1.63. The summed E-state index contributed by atoms with van der Waals surface area (Å²) < 4.78 is 4.96. The maximum atomic E-state index is 12.0. The molecule has 8 nitrogen and oxygen atoms in total. The number of aliphatic imine (C=N–C) groups is 1. The number of guanidine groups is 1. The van der Waals surface area contributed by atoms with Crippen LogP contribution in [0.4, 0.5) is 0 Å². The van der Waals surface area contributed by atoms with Crippen molar-refractivity contribution < 1.29 is 9.53 Å². The highest BCUT2D eigenvalue weighted by Gasteiger charge is 2.21. The second kappa shape index (κ2) is 11.5. The summed E-state index contributed by atoms with van der Waals surface area (Å²) in [6, 6.07) is 0. The molecule has 1 aliphatic heterocycles. The van der Waals surface area contributed by atoms with Crippen molar-refractivity contribution in [1.29, 1.82) is 0 Å². The molecule has 0 spiro atoms. The molecule has 0 atom stereocenters. The molecule has 0 aromatic carbocycles. The van der Waals surface area contributed by atoms with E-state index in [-0.39, 0.29) is 11.3 Å². The third kappa shape index (κ3) is 7.91. The molecule has 1 aliphatic rings. The van der Waals surface area contributed by atoms with Gasteiger partial charge in [0.05, 0.1) is 25.4 Å². The van der Waals surface area contributed by atoms with Gasteiger partial charge in [0.2, 0.25) is 5.91 Å². The Labute approximate surface area is 178 Å². The van der Waals surface area contributed by atoms with E-state index in [0.717, 1.165) is 49.4 Å². The average molecular weight is 425 g/mol. The first-order valence-electron chi connectivity index (χ1n) is 10.3. The van der Waals surface area contributed by atoms with Crippen LogP contribution in [0.25, 0.3) is 0 Å². The Hall–Kier alpha value is -1.71. The van der Waals surface area contributed by atoms with E-state index < -0.39 is 0 Å². The van der Waals surface area contributed by atoms with Gasteiger partial charge in [-0.2, -0.15) is 0 Å². The fourth-order valence-corrected chi connectivity index (χ4v) is 3.91. The number of ether oxygens (including phenoxy) is 1. The van der Waals surface area contributed by atoms with Crippen molar-refractivity contribution in [3.63, 3.8) is 0 Å². The van der Waals surface area contributed by atoms with E-state index in [9.17, 15) is 4.79 Å². The summed E-state index contributed by atoms with van der Waals surface area (Å²) in [4.78, 5) is 26.0. The Bertz CT molecular complexity index is 662. The number of hydrogen-bond donors (Lipinski definition) is 2. The third-order valence-corrected chi connectivity index (χ3v) is 5.52. The lowest BCUT2D eigenvalue weighted by atomic mass is 9.93. The van der Waals surface area contributed by atoms with E-state index >= 15 is 0 Å². The minimum Gasteiger partial charge on any atom is -0.383 e. The van der Waals surface area contributed by atoms with Gasteiger partial charge in [-0.15, -0.1) is 11.3 Å². The number of hydrogen-bond acceptors (Lipinski definition) is 6. The van der Waals surface area contributed by atoms with Crippen molar-refractivity contribution in [2.75, 3.05) is 59.5 Å². The van der Waals surface area contributed by atoms with Crippen LogP contribution in [-0.4, -0.2) is 86.2 Å². The van der Waals surface area contributed by atoms with Crippen LogP contribution in [-0.2, 0) is 21.5 Å². The Morgan fingerprint density at radius 1 is 1.28 bits per heavy atom. The lowest BCUT2D eigenvalue weighted by Gasteiger charge is -2.36. The Balaban J connectivity index is 1.86. The van der Waals surface area contributed by atoms with Gasteiger partial charge in [-0.25, -0.2) is 9.98 Å². The first kappa shape index (κ1) is 23.6. The van der Waals surface area contributed by atoms with Crippen molar-refractivity contribution in [3.8, 4) is 0 Å². The molecule has 29 heavy (non-hydrogen) atoms. The molecule has 1 fully saturated rings. The fraction of sp³-hybridized carbons (Fsp3) is 0.750. The summed E-state index contributed by atoms with van der Waals surface area (Å²) >= 11 is 1.67. The highest BCUT2D eigenvalue weighted by molar-refractivity contribution is 7.09. The lowest BCUT2D eigenvalue weighted by Crippen LogP contribution is -2.54. The molecule has 9 heteroatoms. The molecule has 2 N–H and O–H groups in total. The predicted octanol–water partition coefficient (Wildman–Crippen LogP) is 1.29. The number of rotatable bonds is 8. The molecule has 0 bridgehead atoms. The molecule has 1 aromatic heterocycles. The Morgan fingerprint density at radius 3 is 2.59 bits per heavy atom. The van der Waals surface area contributed by atoms with E-state index in [4.69, 9.17) is 14.7 Å². The van der Waals surface area contributed by atoms with Crippen LogP contribution >= 0.6 is 11.3 Å². The Morgan fingerprint density at radius 2 is 2.00 bits per heavy atom. The molecular weight excluding hydrogens is 388 g/mol. The molecule has 1 amide bonds. The standard InChI is InChI=1S/C20H36N6O2S/c1-6-21-19(23-13-18-24-16(15-29-18)20(2,3)4)26-10-8-25(9-11-26)14-17(27)22-7-12-28-5/h15H,6-14H2,1-5H3,(H,21,23)(H,22,27). The number of nitrogens with one attached hydrogen (secondary N) is 2. The third-order valence-electron chi connectivity index (χ3n) is 4.69. The molecule has 2 heterocycles. The number of amides is 1. The highest BCUT2D eigenvalue weighted by atomic mass is 32.1. The van der Waals surface area contributed by atoms with E-state index in [2.05, 4.69) is 53.5 Å². The van der Waals surface area contributed by atoms with Crippen LogP contribution in [0.3, 0.4) is 0 Å². The summed E-state index contributed by atoms with van der Waals surface area (Å²) in [5, 5.41) is 9.44. The van der Waals surface area contributed by atoms with Crippen LogP contribution in [0.15, 0.2) is 10.4 Å². The van der Waals surface area contributed by atoms with Gasteiger partial charge >= 0.3 is 0 Å². The van der Waals surface area contributed by atoms with Crippen LogP contribution in [0.1, 0.15) is 38.4 Å². The van der Waals surface area contributed by atoms with Crippen molar-refractivity contribution in [1.82, 2.24) is 25.4 Å². The summed E-state index contributed by atoms with van der Waals surface area (Å²) in [6.45, 7) is 14.9. The highest BCUT2D eigenvalue weighted by Crippen LogP contribution is 2.24. The van der Waals surface area contributed by atoms with E-state index in [1.165, 1.54) is 0 Å². The number of aromatic nitrogens is 1. The number of carbonyl (C=O) groups is 1. The summed E-state index contributed by atoms with van der Waals surface area (Å²) in [5.74, 6) is 0.971. The number of methoxy groups -OCH3 is 1. The monoisotopic (exact) mass is 424 g/mol. The smallest absolute Gasteiger partial charge is 0.234 e. The zero-order valence-electron chi connectivity index (χ0n) is 18.5. The molecular formula is C20H36N6O2S. The fourth-order valence-electron chi connectivity index (χ4n) is 2.97. The maximum Gasteiger partial charge on any atom is 0.234 e. The normalized spacial score (nSPS) is 16.2. The van der Waals surface area contributed by atoms with Gasteiger partial charge in [0.1, 0.15) is 5.01 Å². The number of thiazole rings is 1. The zero-order chi connectivity index (χ0) is 21.3. The van der Waals surface area contributed by atoms with Gasteiger partial charge in [-0.05, 0) is 6.92 Å². The van der Waals surface area contributed by atoms with Gasteiger partial charge in [0.15, 0.2) is 5.96 Å². The average Bonchev–Trinajstić information content (AvgIpc) is 3.16. The zero-order valence-corrected chi connectivity index (χ0v) is 19.3. The first-order valence-corrected chi connectivity index (χ1v) is 11.2. The van der Waals surface area contributed by atoms with Gasteiger partial charge in [-0.3, -0.25) is 9.69 Å². The molecule has 0 saturated carbocycles. The van der Waals surface area contributed by atoms with Crippen molar-refractivity contribution in [2.45, 2.75) is 39.7 Å². The van der Waals surface area contributed by atoms with E-state index in [1.807, 2.05) is 0 Å². The van der Waals surface area contributed by atoms with Crippen LogP contribution < -0.4 is 10.6 Å². The van der Waals surface area contributed by atoms with Crippen LogP contribution in [0.5, 0.6) is 0 Å². The SMILES string of the molecule is CCNC(=NCc1nc(C(C)(C)C)cs1)N1CCN(CC(=O)NCCOC)CC1. The minimum atomic E-state index is 0.0505. The van der Waals surface area contributed by atoms with Gasteiger partial charge < -0.3 is 20.3 Å². The molecule has 0 unspecified atom stereocenters. The second-order valence-electron chi connectivity index (χ2n) is 8.15. The summed E-state index contributed by atoms with van der Waals surface area (Å²) in [5.41, 5.74) is 1.19. The van der Waals surface area contributed by atoms with Crippen molar-refractivity contribution in [2.24, 2.45) is 4.99 Å². The topological polar surface area (TPSA) is 82.1 Å². The molecule has 1 aromatic rings. The number of piperazine rings is 1. The van der Waals surface area contributed by atoms with E-state index in [0.29, 0.717) is 26.2 Å². The molecule has 0 radical (unpaired) electrons. The van der Waals surface area contributed by atoms with Gasteiger partial charge in [0.25, 0.3) is 0 Å². The van der Waals surface area contributed by atoms with Crippen molar-refractivity contribution in [3.05, 3.63) is 16.1 Å². The minimum absolute atomic E-state index is 0.0505. The first-order chi connectivity index (χ1) is 13.8. The Kier molecular flexibility index (Phi) is 9.32. The van der Waals surface area contributed by atoms with Crippen LogP contribution in [0, 0.1) is 0 Å². The van der Waals surface area contributed by atoms with Crippen molar-refractivity contribution >= 4 is 23.2 Å². The predicted molar refractivity (Wildman–Crippen MR) is 119 cm³/mol. The summed E-state index contributed by atoms with van der Waals surface area (Å²) in [6.07, 6.45) is 0. The number of nitrogens with zero attached hydrogens (tertiary/aromatic N) is 4. The molecule has 164 valence electrons. The second-order valence-corrected chi connectivity index (χ2v) is 9.10. The largest absolute Gasteiger partial charge is 0.383 e. The van der Waals surface area contributed by atoms with E-state index in [1.54, 1.807) is 18.4 Å². The lowest BCUT2D eigenvalue weighted by molar-refractivity contribution is -0.122.